The lowest BCUT2D eigenvalue weighted by molar-refractivity contribution is 0.101. The Balaban J connectivity index is 1.60. The predicted molar refractivity (Wildman–Crippen MR) is 133 cm³/mol. The van der Waals surface area contributed by atoms with Crippen LogP contribution in [0.5, 0.6) is 0 Å². The number of anilines is 1. The Hall–Kier alpha value is -3.96. The van der Waals surface area contributed by atoms with Crippen LogP contribution in [0.15, 0.2) is 84.9 Å². The first-order valence-corrected chi connectivity index (χ1v) is 11.0. The third kappa shape index (κ3) is 3.99. The van der Waals surface area contributed by atoms with E-state index in [9.17, 15) is 4.79 Å². The lowest BCUT2D eigenvalue weighted by atomic mass is 10.1. The van der Waals surface area contributed by atoms with E-state index < -0.39 is 0 Å². The molecular weight excluding hydrogens is 432 g/mol. The van der Waals surface area contributed by atoms with E-state index in [2.05, 4.69) is 15.4 Å². The van der Waals surface area contributed by atoms with Crippen LogP contribution in [-0.4, -0.2) is 20.7 Å². The smallest absolute Gasteiger partial charge is 0.295 e. The van der Waals surface area contributed by atoms with E-state index >= 15 is 0 Å². The summed E-state index contributed by atoms with van der Waals surface area (Å²) in [7, 11) is 0. The molecule has 1 aromatic heterocycles. The number of carbonyl (C=O) groups excluding carboxylic acids is 1. The molecule has 1 heterocycles. The second-order valence-electron chi connectivity index (χ2n) is 7.88. The van der Waals surface area contributed by atoms with Gasteiger partial charge in [-0.15, -0.1) is 5.10 Å². The molecule has 4 aromatic carbocycles. The first kappa shape index (κ1) is 20.9. The lowest BCUT2D eigenvalue weighted by Gasteiger charge is -2.11. The minimum atomic E-state index is -0.370. The summed E-state index contributed by atoms with van der Waals surface area (Å²) in [6.45, 7) is 4.08. The summed E-state index contributed by atoms with van der Waals surface area (Å²) in [4.78, 5) is 17.9. The van der Waals surface area contributed by atoms with Crippen molar-refractivity contribution in [3.05, 3.63) is 107 Å². The number of hydrogen-bond acceptors (Lipinski definition) is 3. The van der Waals surface area contributed by atoms with Crippen LogP contribution in [0.2, 0.25) is 5.02 Å². The Morgan fingerprint density at radius 3 is 2.42 bits per heavy atom. The van der Waals surface area contributed by atoms with Crippen molar-refractivity contribution in [1.82, 2.24) is 14.8 Å². The molecule has 5 aromatic rings. The maximum atomic E-state index is 13.2. The summed E-state index contributed by atoms with van der Waals surface area (Å²) in [5.74, 6) is 0.294. The molecule has 1 N–H and O–H groups in total. The largest absolute Gasteiger partial charge is 0.319 e. The van der Waals surface area contributed by atoms with Gasteiger partial charge in [0.1, 0.15) is 0 Å². The molecule has 6 heteroatoms. The third-order valence-corrected chi connectivity index (χ3v) is 6.01. The molecule has 0 aliphatic carbocycles. The standard InChI is InChI=1S/C27H21ClN4O/c1-17-7-5-12-24(18(17)2)32-26(20-13-15-21(28)16-14-20)30-25(31-32)27(33)29-23-11-6-9-19-8-3-4-10-22(19)23/h3-16H,1-2H3,(H,29,33). The molecule has 0 bridgehead atoms. The second kappa shape index (κ2) is 8.52. The van der Waals surface area contributed by atoms with Gasteiger partial charge >= 0.3 is 0 Å². The van der Waals surface area contributed by atoms with Gasteiger partial charge in [0.05, 0.1) is 5.69 Å². The van der Waals surface area contributed by atoms with Gasteiger partial charge in [0.25, 0.3) is 5.91 Å². The predicted octanol–water partition coefficient (Wildman–Crippen LogP) is 6.61. The SMILES string of the molecule is Cc1cccc(-n2nc(C(=O)Nc3cccc4ccccc34)nc2-c2ccc(Cl)cc2)c1C. The zero-order valence-electron chi connectivity index (χ0n) is 18.2. The van der Waals surface area contributed by atoms with Gasteiger partial charge in [-0.2, -0.15) is 0 Å². The van der Waals surface area contributed by atoms with E-state index in [1.165, 1.54) is 0 Å². The molecule has 0 fully saturated rings. The first-order valence-electron chi connectivity index (χ1n) is 10.6. The summed E-state index contributed by atoms with van der Waals surface area (Å²) in [6.07, 6.45) is 0. The number of halogens is 1. The maximum absolute atomic E-state index is 13.2. The quantitative estimate of drug-likeness (QED) is 0.333. The minimum absolute atomic E-state index is 0.0915. The highest BCUT2D eigenvalue weighted by Crippen LogP contribution is 2.27. The van der Waals surface area contributed by atoms with E-state index in [1.54, 1.807) is 16.8 Å². The number of carbonyl (C=O) groups is 1. The number of aryl methyl sites for hydroxylation is 1. The van der Waals surface area contributed by atoms with Crippen molar-refractivity contribution in [3.63, 3.8) is 0 Å². The molecule has 0 spiro atoms. The molecule has 1 amide bonds. The van der Waals surface area contributed by atoms with Gasteiger partial charge in [-0.25, -0.2) is 9.67 Å². The van der Waals surface area contributed by atoms with Crippen LogP contribution < -0.4 is 5.32 Å². The molecule has 5 nitrogen and oxygen atoms in total. The fourth-order valence-electron chi connectivity index (χ4n) is 3.84. The molecule has 162 valence electrons. The number of hydrogen-bond donors (Lipinski definition) is 1. The fraction of sp³-hybridized carbons (Fsp3) is 0.0741. The monoisotopic (exact) mass is 452 g/mol. The van der Waals surface area contributed by atoms with E-state index in [0.717, 1.165) is 33.2 Å². The first-order chi connectivity index (χ1) is 16.0. The van der Waals surface area contributed by atoms with Crippen molar-refractivity contribution in [2.75, 3.05) is 5.32 Å². The molecule has 0 aliphatic heterocycles. The zero-order valence-corrected chi connectivity index (χ0v) is 19.0. The number of benzene rings is 4. The number of rotatable bonds is 4. The zero-order chi connectivity index (χ0) is 22.9. The average Bonchev–Trinajstić information content (AvgIpc) is 3.27. The fourth-order valence-corrected chi connectivity index (χ4v) is 3.97. The Bertz CT molecular complexity index is 1480. The number of amides is 1. The number of nitrogens with one attached hydrogen (secondary N) is 1. The summed E-state index contributed by atoms with van der Waals surface area (Å²) in [5, 5.41) is 10.2. The van der Waals surface area contributed by atoms with E-state index in [-0.39, 0.29) is 11.7 Å². The summed E-state index contributed by atoms with van der Waals surface area (Å²) in [6, 6.07) is 27.1. The van der Waals surface area contributed by atoms with Crippen LogP contribution >= 0.6 is 11.6 Å². The van der Waals surface area contributed by atoms with Gasteiger partial charge < -0.3 is 5.32 Å². The molecule has 0 atom stereocenters. The highest BCUT2D eigenvalue weighted by molar-refractivity contribution is 6.30. The minimum Gasteiger partial charge on any atom is -0.319 e. The summed E-state index contributed by atoms with van der Waals surface area (Å²) in [5.41, 5.74) is 4.60. The van der Waals surface area contributed by atoms with Crippen LogP contribution in [0.1, 0.15) is 21.7 Å². The molecule has 0 saturated carbocycles. The van der Waals surface area contributed by atoms with Crippen LogP contribution in [0.25, 0.3) is 27.8 Å². The summed E-state index contributed by atoms with van der Waals surface area (Å²) < 4.78 is 1.73. The van der Waals surface area contributed by atoms with Crippen LogP contribution in [0.4, 0.5) is 5.69 Å². The van der Waals surface area contributed by atoms with Gasteiger partial charge in [-0.1, -0.05) is 60.1 Å². The number of aromatic nitrogens is 3. The van der Waals surface area contributed by atoms with Crippen molar-refractivity contribution < 1.29 is 4.79 Å². The van der Waals surface area contributed by atoms with Gasteiger partial charge in [0.2, 0.25) is 5.82 Å². The van der Waals surface area contributed by atoms with Crippen LogP contribution in [0, 0.1) is 13.8 Å². The molecule has 0 unspecified atom stereocenters. The molecule has 0 radical (unpaired) electrons. The highest BCUT2D eigenvalue weighted by atomic mass is 35.5. The Morgan fingerprint density at radius 2 is 1.61 bits per heavy atom. The molecule has 33 heavy (non-hydrogen) atoms. The highest BCUT2D eigenvalue weighted by Gasteiger charge is 2.20. The van der Waals surface area contributed by atoms with Gasteiger partial charge in [0.15, 0.2) is 5.82 Å². The molecule has 0 saturated heterocycles. The van der Waals surface area contributed by atoms with E-state index in [0.29, 0.717) is 16.5 Å². The van der Waals surface area contributed by atoms with Gasteiger partial charge in [-0.05, 0) is 66.8 Å². The Labute approximate surface area is 196 Å². The number of nitrogens with zero attached hydrogens (tertiary/aromatic N) is 3. The van der Waals surface area contributed by atoms with Crippen LogP contribution in [0.3, 0.4) is 0 Å². The van der Waals surface area contributed by atoms with E-state index in [4.69, 9.17) is 11.6 Å². The maximum Gasteiger partial charge on any atom is 0.295 e. The van der Waals surface area contributed by atoms with Crippen molar-refractivity contribution in [1.29, 1.82) is 0 Å². The Kier molecular flexibility index (Phi) is 5.40. The molecule has 5 rings (SSSR count). The van der Waals surface area contributed by atoms with Crippen molar-refractivity contribution in [2.45, 2.75) is 13.8 Å². The van der Waals surface area contributed by atoms with E-state index in [1.807, 2.05) is 86.6 Å². The second-order valence-corrected chi connectivity index (χ2v) is 8.31. The van der Waals surface area contributed by atoms with Crippen molar-refractivity contribution in [2.24, 2.45) is 0 Å². The van der Waals surface area contributed by atoms with Crippen molar-refractivity contribution in [3.8, 4) is 17.1 Å². The average molecular weight is 453 g/mol. The van der Waals surface area contributed by atoms with Crippen molar-refractivity contribution >= 4 is 34.0 Å². The van der Waals surface area contributed by atoms with Gasteiger partial charge in [0, 0.05) is 21.7 Å². The van der Waals surface area contributed by atoms with Crippen LogP contribution in [-0.2, 0) is 0 Å². The molecular formula is C27H21ClN4O. The topological polar surface area (TPSA) is 59.8 Å². The normalized spacial score (nSPS) is 11.0. The molecule has 0 aliphatic rings. The van der Waals surface area contributed by atoms with Gasteiger partial charge in [-0.3, -0.25) is 4.79 Å². The number of fused-ring (bicyclic) bond motifs is 1. The Morgan fingerprint density at radius 1 is 0.879 bits per heavy atom. The lowest BCUT2D eigenvalue weighted by Crippen LogP contribution is -2.14. The summed E-state index contributed by atoms with van der Waals surface area (Å²) >= 11 is 6.09. The third-order valence-electron chi connectivity index (χ3n) is 5.75.